The van der Waals surface area contributed by atoms with Crippen LogP contribution in [0.1, 0.15) is 17.7 Å². The van der Waals surface area contributed by atoms with Gasteiger partial charge >= 0.3 is 0 Å². The minimum Gasteiger partial charge on any atom is -0.383 e. The summed E-state index contributed by atoms with van der Waals surface area (Å²) >= 11 is 7.38. The number of hydrogen-bond donors (Lipinski definition) is 1. The van der Waals surface area contributed by atoms with E-state index >= 15 is 0 Å². The molecule has 16 heavy (non-hydrogen) atoms. The van der Waals surface area contributed by atoms with E-state index in [-0.39, 0.29) is 0 Å². The van der Waals surface area contributed by atoms with Crippen LogP contribution < -0.4 is 5.73 Å². The van der Waals surface area contributed by atoms with Crippen molar-refractivity contribution in [3.63, 3.8) is 0 Å². The molecular formula is C11H10ClN3S. The quantitative estimate of drug-likeness (QED) is 0.848. The van der Waals surface area contributed by atoms with E-state index in [0.29, 0.717) is 11.6 Å². The Morgan fingerprint density at radius 3 is 2.88 bits per heavy atom. The van der Waals surface area contributed by atoms with Gasteiger partial charge in [-0.05, 0) is 31.4 Å². The van der Waals surface area contributed by atoms with Crippen LogP contribution in [0.5, 0.6) is 0 Å². The van der Waals surface area contributed by atoms with Crippen LogP contribution in [0.3, 0.4) is 0 Å². The second kappa shape index (κ2) is 3.71. The smallest absolute Gasteiger partial charge is 0.171 e. The van der Waals surface area contributed by atoms with Gasteiger partial charge in [0.2, 0.25) is 0 Å². The number of nitrogens with zero attached hydrogens (tertiary/aromatic N) is 2. The number of aromatic nitrogens is 2. The van der Waals surface area contributed by atoms with Gasteiger partial charge < -0.3 is 5.73 Å². The average molecular weight is 252 g/mol. The zero-order valence-electron chi connectivity index (χ0n) is 8.53. The Labute approximate surface area is 102 Å². The van der Waals surface area contributed by atoms with Crippen LogP contribution in [0.4, 0.5) is 5.82 Å². The maximum absolute atomic E-state index is 5.94. The van der Waals surface area contributed by atoms with Crippen LogP contribution in [0.25, 0.3) is 10.7 Å². The number of hydrogen-bond acceptors (Lipinski definition) is 4. The first-order chi connectivity index (χ1) is 7.74. The molecule has 0 aliphatic heterocycles. The number of anilines is 1. The molecule has 5 heteroatoms. The van der Waals surface area contributed by atoms with E-state index in [0.717, 1.165) is 39.7 Å². The molecule has 3 rings (SSSR count). The SMILES string of the molecule is Nc1nc(-c2ccc(Cl)s2)nc2c1CCC2. The summed E-state index contributed by atoms with van der Waals surface area (Å²) in [6.07, 6.45) is 3.14. The fourth-order valence-electron chi connectivity index (χ4n) is 2.01. The molecule has 2 heterocycles. The Hall–Kier alpha value is -1.13. The van der Waals surface area contributed by atoms with E-state index in [2.05, 4.69) is 9.97 Å². The van der Waals surface area contributed by atoms with E-state index in [1.165, 1.54) is 11.3 Å². The van der Waals surface area contributed by atoms with Gasteiger partial charge in [-0.25, -0.2) is 9.97 Å². The van der Waals surface area contributed by atoms with Crippen molar-refractivity contribution >= 4 is 28.8 Å². The van der Waals surface area contributed by atoms with Gasteiger partial charge in [-0.15, -0.1) is 11.3 Å². The minimum absolute atomic E-state index is 0.627. The van der Waals surface area contributed by atoms with E-state index in [9.17, 15) is 0 Å². The number of rotatable bonds is 1. The summed E-state index contributed by atoms with van der Waals surface area (Å²) in [6.45, 7) is 0. The fraction of sp³-hybridized carbons (Fsp3) is 0.273. The molecule has 2 aromatic rings. The number of halogens is 1. The summed E-state index contributed by atoms with van der Waals surface area (Å²) in [4.78, 5) is 9.88. The second-order valence-corrected chi connectivity index (χ2v) is 5.53. The molecular weight excluding hydrogens is 242 g/mol. The fourth-order valence-corrected chi connectivity index (χ4v) is 2.98. The number of nitrogens with two attached hydrogens (primary N) is 1. The van der Waals surface area contributed by atoms with Crippen molar-refractivity contribution in [2.45, 2.75) is 19.3 Å². The van der Waals surface area contributed by atoms with Gasteiger partial charge in [0.25, 0.3) is 0 Å². The molecule has 0 spiro atoms. The summed E-state index contributed by atoms with van der Waals surface area (Å²) < 4.78 is 0.748. The first-order valence-electron chi connectivity index (χ1n) is 5.15. The first kappa shape index (κ1) is 10.1. The number of fused-ring (bicyclic) bond motifs is 1. The van der Waals surface area contributed by atoms with Crippen LogP contribution in [-0.2, 0) is 12.8 Å². The minimum atomic E-state index is 0.627. The van der Waals surface area contributed by atoms with Crippen LogP contribution in [-0.4, -0.2) is 9.97 Å². The largest absolute Gasteiger partial charge is 0.383 e. The summed E-state index contributed by atoms with van der Waals surface area (Å²) in [6, 6.07) is 3.79. The molecule has 0 radical (unpaired) electrons. The maximum atomic E-state index is 5.94. The zero-order valence-corrected chi connectivity index (χ0v) is 10.1. The Morgan fingerprint density at radius 1 is 1.25 bits per heavy atom. The average Bonchev–Trinajstić information content (AvgIpc) is 2.85. The maximum Gasteiger partial charge on any atom is 0.171 e. The second-order valence-electron chi connectivity index (χ2n) is 3.82. The molecule has 0 amide bonds. The molecule has 82 valence electrons. The predicted molar refractivity (Wildman–Crippen MR) is 66.8 cm³/mol. The lowest BCUT2D eigenvalue weighted by Gasteiger charge is -2.04. The lowest BCUT2D eigenvalue weighted by molar-refractivity contribution is 0.900. The van der Waals surface area contributed by atoms with Crippen molar-refractivity contribution in [1.29, 1.82) is 0 Å². The molecule has 0 aromatic carbocycles. The third-order valence-corrected chi connectivity index (χ3v) is 3.99. The molecule has 0 bridgehead atoms. The summed E-state index contributed by atoms with van der Waals surface area (Å²) in [7, 11) is 0. The normalized spacial score (nSPS) is 14.1. The van der Waals surface area contributed by atoms with Crippen LogP contribution in [0.15, 0.2) is 12.1 Å². The number of thiophene rings is 1. The zero-order chi connectivity index (χ0) is 11.1. The van der Waals surface area contributed by atoms with E-state index < -0.39 is 0 Å². The van der Waals surface area contributed by atoms with Gasteiger partial charge in [0.15, 0.2) is 5.82 Å². The van der Waals surface area contributed by atoms with Gasteiger partial charge in [0.05, 0.1) is 9.21 Å². The molecule has 0 fully saturated rings. The van der Waals surface area contributed by atoms with Crippen molar-refractivity contribution in [2.75, 3.05) is 5.73 Å². The lowest BCUT2D eigenvalue weighted by Crippen LogP contribution is -2.02. The van der Waals surface area contributed by atoms with Crippen molar-refractivity contribution in [3.8, 4) is 10.7 Å². The summed E-state index contributed by atoms with van der Waals surface area (Å²) in [5.74, 6) is 1.33. The van der Waals surface area contributed by atoms with Gasteiger partial charge in [0, 0.05) is 11.3 Å². The van der Waals surface area contributed by atoms with Crippen molar-refractivity contribution in [3.05, 3.63) is 27.7 Å². The monoisotopic (exact) mass is 251 g/mol. The van der Waals surface area contributed by atoms with E-state index in [1.54, 1.807) is 0 Å². The standard InChI is InChI=1S/C11H10ClN3S/c12-9-5-4-8(16-9)11-14-7-3-1-2-6(7)10(13)15-11/h4-5H,1-3H2,(H2,13,14,15). The Kier molecular flexibility index (Phi) is 2.33. The van der Waals surface area contributed by atoms with Crippen molar-refractivity contribution in [1.82, 2.24) is 9.97 Å². The molecule has 3 nitrogen and oxygen atoms in total. The highest BCUT2D eigenvalue weighted by atomic mass is 35.5. The molecule has 0 unspecified atom stereocenters. The number of nitrogen functional groups attached to an aromatic ring is 1. The highest BCUT2D eigenvalue weighted by Gasteiger charge is 2.18. The summed E-state index contributed by atoms with van der Waals surface area (Å²) in [5, 5.41) is 0. The van der Waals surface area contributed by atoms with E-state index in [4.69, 9.17) is 17.3 Å². The predicted octanol–water partition coefficient (Wildman–Crippen LogP) is 2.93. The first-order valence-corrected chi connectivity index (χ1v) is 6.34. The highest BCUT2D eigenvalue weighted by molar-refractivity contribution is 7.19. The van der Waals surface area contributed by atoms with Gasteiger partial charge in [-0.3, -0.25) is 0 Å². The highest BCUT2D eigenvalue weighted by Crippen LogP contribution is 2.32. The van der Waals surface area contributed by atoms with Crippen LogP contribution in [0, 0.1) is 0 Å². The third-order valence-electron chi connectivity index (χ3n) is 2.76. The molecule has 2 N–H and O–H groups in total. The molecule has 1 aliphatic carbocycles. The van der Waals surface area contributed by atoms with Crippen molar-refractivity contribution < 1.29 is 0 Å². The molecule has 0 saturated heterocycles. The third kappa shape index (κ3) is 1.58. The van der Waals surface area contributed by atoms with Gasteiger partial charge in [-0.2, -0.15) is 0 Å². The summed E-state index contributed by atoms with van der Waals surface area (Å²) in [5.41, 5.74) is 8.17. The molecule has 0 atom stereocenters. The Morgan fingerprint density at radius 2 is 2.12 bits per heavy atom. The van der Waals surface area contributed by atoms with Crippen LogP contribution in [0.2, 0.25) is 4.34 Å². The topological polar surface area (TPSA) is 51.8 Å². The Bertz CT molecular complexity index is 550. The molecule has 2 aromatic heterocycles. The van der Waals surface area contributed by atoms with Gasteiger partial charge in [-0.1, -0.05) is 11.6 Å². The van der Waals surface area contributed by atoms with Crippen molar-refractivity contribution in [2.24, 2.45) is 0 Å². The Balaban J connectivity index is 2.12. The van der Waals surface area contributed by atoms with Gasteiger partial charge in [0.1, 0.15) is 5.82 Å². The lowest BCUT2D eigenvalue weighted by atomic mass is 10.2. The van der Waals surface area contributed by atoms with Crippen LogP contribution >= 0.6 is 22.9 Å². The molecule has 0 saturated carbocycles. The number of aryl methyl sites for hydroxylation is 1. The molecule has 1 aliphatic rings. The van der Waals surface area contributed by atoms with E-state index in [1.807, 2.05) is 12.1 Å².